The summed E-state index contributed by atoms with van der Waals surface area (Å²) in [5.74, 6) is 0. The minimum atomic E-state index is -3.43. The van der Waals surface area contributed by atoms with Crippen LogP contribution in [0.4, 0.5) is 5.69 Å². The van der Waals surface area contributed by atoms with Crippen molar-refractivity contribution in [2.75, 3.05) is 11.9 Å². The van der Waals surface area contributed by atoms with E-state index in [1.165, 1.54) is 6.42 Å². The lowest BCUT2D eigenvalue weighted by Gasteiger charge is -2.43. The van der Waals surface area contributed by atoms with Crippen LogP contribution < -0.4 is 10.0 Å². The zero-order chi connectivity index (χ0) is 14.6. The molecule has 5 heteroatoms. The maximum atomic E-state index is 12.3. The van der Waals surface area contributed by atoms with Crippen LogP contribution in [0.25, 0.3) is 0 Å². The Labute approximate surface area is 122 Å². The van der Waals surface area contributed by atoms with Crippen LogP contribution in [0.3, 0.4) is 0 Å². The van der Waals surface area contributed by atoms with Crippen LogP contribution >= 0.6 is 0 Å². The van der Waals surface area contributed by atoms with E-state index >= 15 is 0 Å². The van der Waals surface area contributed by atoms with E-state index in [-0.39, 0.29) is 5.54 Å². The van der Waals surface area contributed by atoms with Gasteiger partial charge in [0.15, 0.2) is 0 Å². The highest BCUT2D eigenvalue weighted by Crippen LogP contribution is 2.39. The molecule has 20 heavy (non-hydrogen) atoms. The average molecular weight is 296 g/mol. The summed E-state index contributed by atoms with van der Waals surface area (Å²) < 4.78 is 27.3. The van der Waals surface area contributed by atoms with Crippen LogP contribution in [0.15, 0.2) is 29.2 Å². The van der Waals surface area contributed by atoms with E-state index in [2.05, 4.69) is 17.0 Å². The first-order chi connectivity index (χ1) is 9.53. The molecule has 2 rings (SSSR count). The Morgan fingerprint density at radius 3 is 2.45 bits per heavy atom. The van der Waals surface area contributed by atoms with Crippen LogP contribution in [0.2, 0.25) is 0 Å². The minimum absolute atomic E-state index is 0.0797. The smallest absolute Gasteiger partial charge is 0.242 e. The predicted molar refractivity (Wildman–Crippen MR) is 82.4 cm³/mol. The number of benzene rings is 1. The summed E-state index contributed by atoms with van der Waals surface area (Å²) in [6.45, 7) is 4.57. The molecule has 0 heterocycles. The Bertz CT molecular complexity index is 545. The molecule has 4 nitrogen and oxygen atoms in total. The summed E-state index contributed by atoms with van der Waals surface area (Å²) in [7, 11) is -3.43. The molecule has 0 bridgehead atoms. The van der Waals surface area contributed by atoms with Gasteiger partial charge < -0.3 is 5.32 Å². The molecule has 1 fully saturated rings. The molecule has 0 spiro atoms. The third-order valence-electron chi connectivity index (χ3n) is 4.11. The van der Waals surface area contributed by atoms with Crippen molar-refractivity contribution in [1.29, 1.82) is 0 Å². The van der Waals surface area contributed by atoms with Gasteiger partial charge in [-0.25, -0.2) is 13.1 Å². The topological polar surface area (TPSA) is 58.2 Å². The van der Waals surface area contributed by atoms with Crippen molar-refractivity contribution in [3.05, 3.63) is 24.3 Å². The molecule has 1 aromatic carbocycles. The second kappa shape index (κ2) is 6.14. The number of hydrogen-bond donors (Lipinski definition) is 2. The maximum absolute atomic E-state index is 12.3. The van der Waals surface area contributed by atoms with E-state index < -0.39 is 10.0 Å². The van der Waals surface area contributed by atoms with Gasteiger partial charge in [0.1, 0.15) is 4.90 Å². The average Bonchev–Trinajstić information content (AvgIpc) is 2.41. The third kappa shape index (κ3) is 3.15. The fraction of sp³-hybridized carbons (Fsp3) is 0.600. The highest BCUT2D eigenvalue weighted by Gasteiger charge is 2.36. The fourth-order valence-electron chi connectivity index (χ4n) is 2.57. The molecule has 0 radical (unpaired) electrons. The van der Waals surface area contributed by atoms with Crippen molar-refractivity contribution < 1.29 is 8.42 Å². The molecule has 0 amide bonds. The van der Waals surface area contributed by atoms with Gasteiger partial charge in [0.25, 0.3) is 0 Å². The molecule has 0 atom stereocenters. The Morgan fingerprint density at radius 2 is 1.90 bits per heavy atom. The van der Waals surface area contributed by atoms with Gasteiger partial charge in [-0.15, -0.1) is 0 Å². The highest BCUT2D eigenvalue weighted by atomic mass is 32.2. The third-order valence-corrected chi connectivity index (χ3v) is 5.63. The van der Waals surface area contributed by atoms with Crippen LogP contribution in [-0.2, 0) is 10.0 Å². The molecule has 1 saturated carbocycles. The molecule has 0 aliphatic heterocycles. The van der Waals surface area contributed by atoms with Crippen LogP contribution in [0.1, 0.15) is 46.0 Å². The molecule has 1 aromatic rings. The molecule has 0 unspecified atom stereocenters. The predicted octanol–water partition coefficient (Wildman–Crippen LogP) is 3.12. The molecule has 0 saturated heterocycles. The maximum Gasteiger partial charge on any atom is 0.242 e. The zero-order valence-electron chi connectivity index (χ0n) is 12.3. The lowest BCUT2D eigenvalue weighted by Crippen LogP contribution is -2.44. The Kier molecular flexibility index (Phi) is 4.70. The van der Waals surface area contributed by atoms with E-state index in [1.54, 1.807) is 12.1 Å². The number of rotatable bonds is 7. The molecule has 2 N–H and O–H groups in total. The van der Waals surface area contributed by atoms with Gasteiger partial charge in [-0.1, -0.05) is 26.0 Å². The first-order valence-electron chi connectivity index (χ1n) is 7.40. The molecule has 1 aliphatic carbocycles. The second-order valence-corrected chi connectivity index (χ2v) is 7.24. The summed E-state index contributed by atoms with van der Waals surface area (Å²) in [4.78, 5) is 0.355. The van der Waals surface area contributed by atoms with E-state index in [9.17, 15) is 8.42 Å². The number of hydrogen-bond acceptors (Lipinski definition) is 3. The first-order valence-corrected chi connectivity index (χ1v) is 8.88. The number of para-hydroxylation sites is 1. The Morgan fingerprint density at radius 1 is 1.20 bits per heavy atom. The fourth-order valence-corrected chi connectivity index (χ4v) is 3.87. The Balaban J connectivity index is 2.26. The second-order valence-electron chi connectivity index (χ2n) is 5.51. The molecule has 1 aliphatic rings. The largest absolute Gasteiger partial charge is 0.379 e. The summed E-state index contributed by atoms with van der Waals surface area (Å²) in [5.41, 5.74) is 0.800. The summed E-state index contributed by atoms with van der Waals surface area (Å²) in [5, 5.41) is 3.47. The minimum Gasteiger partial charge on any atom is -0.379 e. The SMILES string of the molecule is CCCNS(=O)(=O)c1ccccc1NC1(CC)CCC1. The van der Waals surface area contributed by atoms with Gasteiger partial charge in [0.05, 0.1) is 5.69 Å². The van der Waals surface area contributed by atoms with Gasteiger partial charge in [-0.2, -0.15) is 0 Å². The van der Waals surface area contributed by atoms with E-state index in [0.29, 0.717) is 11.4 Å². The van der Waals surface area contributed by atoms with Gasteiger partial charge in [0, 0.05) is 12.1 Å². The van der Waals surface area contributed by atoms with Gasteiger partial charge in [0.2, 0.25) is 10.0 Å². The molecular weight excluding hydrogens is 272 g/mol. The van der Waals surface area contributed by atoms with Crippen molar-refractivity contribution in [2.24, 2.45) is 0 Å². The Hall–Kier alpha value is -1.07. The van der Waals surface area contributed by atoms with Gasteiger partial charge in [-0.05, 0) is 44.2 Å². The van der Waals surface area contributed by atoms with E-state index in [0.717, 1.165) is 31.4 Å². The highest BCUT2D eigenvalue weighted by molar-refractivity contribution is 7.89. The molecule has 112 valence electrons. The normalized spacial score (nSPS) is 17.5. The van der Waals surface area contributed by atoms with Crippen LogP contribution in [-0.4, -0.2) is 20.5 Å². The summed E-state index contributed by atoms with van der Waals surface area (Å²) in [6, 6.07) is 7.17. The molecular formula is C15H24N2O2S. The monoisotopic (exact) mass is 296 g/mol. The first kappa shape index (κ1) is 15.3. The van der Waals surface area contributed by atoms with Crippen molar-refractivity contribution in [2.45, 2.75) is 56.4 Å². The standard InChI is InChI=1S/C15H24N2O2S/c1-3-12-16-20(18,19)14-9-6-5-8-13(14)17-15(4-2)10-7-11-15/h5-6,8-9,16-17H,3-4,7,10-12H2,1-2H3. The number of sulfonamides is 1. The summed E-state index contributed by atoms with van der Waals surface area (Å²) in [6.07, 6.45) is 5.24. The number of anilines is 1. The van der Waals surface area contributed by atoms with Crippen molar-refractivity contribution in [3.63, 3.8) is 0 Å². The molecule has 0 aromatic heterocycles. The zero-order valence-corrected chi connectivity index (χ0v) is 13.1. The van der Waals surface area contributed by atoms with E-state index in [1.807, 2.05) is 19.1 Å². The van der Waals surface area contributed by atoms with Crippen molar-refractivity contribution in [3.8, 4) is 0 Å². The van der Waals surface area contributed by atoms with Crippen LogP contribution in [0, 0.1) is 0 Å². The van der Waals surface area contributed by atoms with Crippen LogP contribution in [0.5, 0.6) is 0 Å². The number of nitrogens with one attached hydrogen (secondary N) is 2. The quantitative estimate of drug-likeness (QED) is 0.813. The van der Waals surface area contributed by atoms with Gasteiger partial charge >= 0.3 is 0 Å². The van der Waals surface area contributed by atoms with Crippen molar-refractivity contribution in [1.82, 2.24) is 4.72 Å². The summed E-state index contributed by atoms with van der Waals surface area (Å²) >= 11 is 0. The van der Waals surface area contributed by atoms with Crippen molar-refractivity contribution >= 4 is 15.7 Å². The lowest BCUT2D eigenvalue weighted by molar-refractivity contribution is 0.269. The lowest BCUT2D eigenvalue weighted by atomic mass is 9.74. The van der Waals surface area contributed by atoms with Gasteiger partial charge in [-0.3, -0.25) is 0 Å². The van der Waals surface area contributed by atoms with E-state index in [4.69, 9.17) is 0 Å².